The molecule has 132 valence electrons. The summed E-state index contributed by atoms with van der Waals surface area (Å²) in [7, 11) is 3.92. The number of benzene rings is 1. The second-order valence-electron chi connectivity index (χ2n) is 7.08. The summed E-state index contributed by atoms with van der Waals surface area (Å²) in [5, 5.41) is 3.04. The Balaban J connectivity index is 1.61. The fourth-order valence-corrected chi connectivity index (χ4v) is 3.35. The number of hydrogen-bond acceptors (Lipinski definition) is 4. The smallest absolute Gasteiger partial charge is 0.229 e. The van der Waals surface area contributed by atoms with Crippen molar-refractivity contribution >= 4 is 17.3 Å². The number of nitrogens with one attached hydrogen (secondary N) is 1. The van der Waals surface area contributed by atoms with Gasteiger partial charge in [-0.25, -0.2) is 0 Å². The average molecular weight is 338 g/mol. The zero-order valence-corrected chi connectivity index (χ0v) is 15.1. The van der Waals surface area contributed by atoms with Crippen LogP contribution in [-0.2, 0) is 11.3 Å². The van der Waals surface area contributed by atoms with E-state index < -0.39 is 0 Å². The Labute approximate surface area is 149 Å². The van der Waals surface area contributed by atoms with Crippen molar-refractivity contribution in [2.24, 2.45) is 11.8 Å². The van der Waals surface area contributed by atoms with Gasteiger partial charge in [0.05, 0.1) is 29.7 Å². The number of anilines is 2. The topological polar surface area (TPSA) is 48.5 Å². The number of aromatic nitrogens is 1. The minimum Gasteiger partial charge on any atom is -0.376 e. The van der Waals surface area contributed by atoms with Crippen LogP contribution in [0.5, 0.6) is 0 Å². The molecule has 1 fully saturated rings. The molecular weight excluding hydrogens is 312 g/mol. The van der Waals surface area contributed by atoms with E-state index >= 15 is 0 Å². The Morgan fingerprint density at radius 2 is 2.00 bits per heavy atom. The van der Waals surface area contributed by atoms with Crippen molar-refractivity contribution in [3.05, 3.63) is 54.4 Å². The lowest BCUT2D eigenvalue weighted by atomic mass is 9.97. The maximum Gasteiger partial charge on any atom is 0.229 e. The SMILES string of the molecule is CC1CN(Cc2ccccc2)CC1C(=O)Nc1cncc(N(C)C)c1. The van der Waals surface area contributed by atoms with E-state index in [1.165, 1.54) is 5.56 Å². The quantitative estimate of drug-likeness (QED) is 0.911. The number of carbonyl (C=O) groups is 1. The van der Waals surface area contributed by atoms with Gasteiger partial charge in [-0.05, 0) is 17.5 Å². The molecule has 3 rings (SSSR count). The first-order valence-corrected chi connectivity index (χ1v) is 8.72. The van der Waals surface area contributed by atoms with E-state index in [0.29, 0.717) is 5.92 Å². The summed E-state index contributed by atoms with van der Waals surface area (Å²) < 4.78 is 0. The number of nitrogens with zero attached hydrogens (tertiary/aromatic N) is 3. The van der Waals surface area contributed by atoms with Gasteiger partial charge in [0.1, 0.15) is 0 Å². The Kier molecular flexibility index (Phi) is 5.34. The van der Waals surface area contributed by atoms with Gasteiger partial charge in [0.2, 0.25) is 5.91 Å². The van der Waals surface area contributed by atoms with E-state index in [0.717, 1.165) is 31.0 Å². The predicted molar refractivity (Wildman–Crippen MR) is 102 cm³/mol. The standard InChI is InChI=1S/C20H26N4O/c1-15-12-24(13-16-7-5-4-6-8-16)14-19(15)20(25)22-17-9-18(23(2)3)11-21-10-17/h4-11,15,19H,12-14H2,1-3H3,(H,22,25). The molecule has 1 aliphatic rings. The van der Waals surface area contributed by atoms with Gasteiger partial charge in [-0.1, -0.05) is 37.3 Å². The summed E-state index contributed by atoms with van der Waals surface area (Å²) in [6.07, 6.45) is 3.49. The van der Waals surface area contributed by atoms with Gasteiger partial charge in [0, 0.05) is 33.7 Å². The molecule has 0 radical (unpaired) electrons. The third-order valence-corrected chi connectivity index (χ3v) is 4.78. The van der Waals surface area contributed by atoms with Crippen molar-refractivity contribution in [1.82, 2.24) is 9.88 Å². The summed E-state index contributed by atoms with van der Waals surface area (Å²) in [5.74, 6) is 0.432. The molecular formula is C20H26N4O. The van der Waals surface area contributed by atoms with E-state index in [2.05, 4.69) is 46.4 Å². The maximum atomic E-state index is 12.7. The van der Waals surface area contributed by atoms with E-state index in [4.69, 9.17) is 0 Å². The van der Waals surface area contributed by atoms with Crippen LogP contribution < -0.4 is 10.2 Å². The minimum absolute atomic E-state index is 0.00623. The third kappa shape index (κ3) is 4.37. The van der Waals surface area contributed by atoms with Gasteiger partial charge in [-0.15, -0.1) is 0 Å². The molecule has 1 amide bonds. The molecule has 1 saturated heterocycles. The summed E-state index contributed by atoms with van der Waals surface area (Å²) >= 11 is 0. The number of pyridine rings is 1. The van der Waals surface area contributed by atoms with Gasteiger partial charge in [-0.3, -0.25) is 14.7 Å². The lowest BCUT2D eigenvalue weighted by molar-refractivity contribution is -0.120. The van der Waals surface area contributed by atoms with E-state index in [1.54, 1.807) is 12.4 Å². The molecule has 2 aromatic rings. The van der Waals surface area contributed by atoms with Crippen LogP contribution in [0.1, 0.15) is 12.5 Å². The molecule has 0 spiro atoms. The van der Waals surface area contributed by atoms with Gasteiger partial charge in [0.25, 0.3) is 0 Å². The second kappa shape index (κ2) is 7.66. The largest absolute Gasteiger partial charge is 0.376 e. The van der Waals surface area contributed by atoms with Crippen molar-refractivity contribution in [2.45, 2.75) is 13.5 Å². The van der Waals surface area contributed by atoms with Crippen LogP contribution in [0.2, 0.25) is 0 Å². The predicted octanol–water partition coefficient (Wildman–Crippen LogP) is 2.85. The first-order chi connectivity index (χ1) is 12.0. The van der Waals surface area contributed by atoms with Crippen molar-refractivity contribution in [3.63, 3.8) is 0 Å². The molecule has 5 nitrogen and oxygen atoms in total. The molecule has 0 saturated carbocycles. The van der Waals surface area contributed by atoms with Crippen molar-refractivity contribution in [2.75, 3.05) is 37.4 Å². The molecule has 0 bridgehead atoms. The summed E-state index contributed by atoms with van der Waals surface area (Å²) in [4.78, 5) is 21.3. The van der Waals surface area contributed by atoms with E-state index in [-0.39, 0.29) is 11.8 Å². The lowest BCUT2D eigenvalue weighted by Gasteiger charge is -2.17. The second-order valence-corrected chi connectivity index (χ2v) is 7.08. The normalized spacial score (nSPS) is 20.4. The first-order valence-electron chi connectivity index (χ1n) is 8.72. The van der Waals surface area contributed by atoms with Crippen LogP contribution in [0.25, 0.3) is 0 Å². The Morgan fingerprint density at radius 3 is 2.72 bits per heavy atom. The van der Waals surface area contributed by atoms with Crippen LogP contribution in [-0.4, -0.2) is 43.0 Å². The van der Waals surface area contributed by atoms with Crippen molar-refractivity contribution < 1.29 is 4.79 Å². The third-order valence-electron chi connectivity index (χ3n) is 4.78. The van der Waals surface area contributed by atoms with Crippen LogP contribution in [0.3, 0.4) is 0 Å². The highest BCUT2D eigenvalue weighted by Gasteiger charge is 2.34. The van der Waals surface area contributed by atoms with Crippen molar-refractivity contribution in [3.8, 4) is 0 Å². The molecule has 2 unspecified atom stereocenters. The van der Waals surface area contributed by atoms with Crippen LogP contribution in [0.4, 0.5) is 11.4 Å². The maximum absolute atomic E-state index is 12.7. The zero-order valence-electron chi connectivity index (χ0n) is 15.1. The molecule has 2 atom stereocenters. The molecule has 1 aromatic carbocycles. The monoisotopic (exact) mass is 338 g/mol. The van der Waals surface area contributed by atoms with Crippen molar-refractivity contribution in [1.29, 1.82) is 0 Å². The number of likely N-dealkylation sites (tertiary alicyclic amines) is 1. The molecule has 2 heterocycles. The van der Waals surface area contributed by atoms with Gasteiger partial charge in [-0.2, -0.15) is 0 Å². The Bertz CT molecular complexity index is 717. The lowest BCUT2D eigenvalue weighted by Crippen LogP contribution is -2.28. The van der Waals surface area contributed by atoms with Gasteiger partial charge >= 0.3 is 0 Å². The summed E-state index contributed by atoms with van der Waals surface area (Å²) in [5.41, 5.74) is 3.02. The average Bonchev–Trinajstić information content (AvgIpc) is 2.96. The molecule has 0 aliphatic carbocycles. The van der Waals surface area contributed by atoms with Crippen LogP contribution >= 0.6 is 0 Å². The zero-order chi connectivity index (χ0) is 17.8. The highest BCUT2D eigenvalue weighted by atomic mass is 16.2. The fraction of sp³-hybridized carbons (Fsp3) is 0.400. The number of rotatable bonds is 5. The highest BCUT2D eigenvalue weighted by molar-refractivity contribution is 5.93. The number of amides is 1. The summed E-state index contributed by atoms with van der Waals surface area (Å²) in [6, 6.07) is 12.4. The highest BCUT2D eigenvalue weighted by Crippen LogP contribution is 2.26. The van der Waals surface area contributed by atoms with Crippen LogP contribution in [0, 0.1) is 11.8 Å². The first kappa shape index (κ1) is 17.4. The van der Waals surface area contributed by atoms with E-state index in [1.807, 2.05) is 31.1 Å². The number of hydrogen-bond donors (Lipinski definition) is 1. The van der Waals surface area contributed by atoms with Gasteiger partial charge < -0.3 is 10.2 Å². The molecule has 25 heavy (non-hydrogen) atoms. The molecule has 1 N–H and O–H groups in total. The fourth-order valence-electron chi connectivity index (χ4n) is 3.35. The minimum atomic E-state index is 0.00623. The Morgan fingerprint density at radius 1 is 1.24 bits per heavy atom. The molecule has 1 aromatic heterocycles. The molecule has 5 heteroatoms. The van der Waals surface area contributed by atoms with E-state index in [9.17, 15) is 4.79 Å². The van der Waals surface area contributed by atoms with Gasteiger partial charge in [0.15, 0.2) is 0 Å². The summed E-state index contributed by atoms with van der Waals surface area (Å²) in [6.45, 7) is 4.79. The number of carbonyl (C=O) groups excluding carboxylic acids is 1. The molecule has 1 aliphatic heterocycles. The Hall–Kier alpha value is -2.40. The van der Waals surface area contributed by atoms with Crippen LogP contribution in [0.15, 0.2) is 48.8 Å².